The summed E-state index contributed by atoms with van der Waals surface area (Å²) in [7, 11) is 1.69. The zero-order valence-electron chi connectivity index (χ0n) is 22.3. The Morgan fingerprint density at radius 1 is 0.974 bits per heavy atom. The van der Waals surface area contributed by atoms with Gasteiger partial charge in [-0.2, -0.15) is 0 Å². The first-order valence-electron chi connectivity index (χ1n) is 12.9. The van der Waals surface area contributed by atoms with Crippen LogP contribution in [-0.2, 0) is 6.54 Å². The SMILES string of the molecule is CCN(CC)Cc1nc(-c2ccnc3ccccc23)c2c(n1)[nH]c1cc(-c3c(C)noc3C)c(OC)cc12. The van der Waals surface area contributed by atoms with E-state index in [-0.39, 0.29) is 0 Å². The van der Waals surface area contributed by atoms with Gasteiger partial charge in [-0.1, -0.05) is 37.2 Å². The van der Waals surface area contributed by atoms with Crippen LogP contribution < -0.4 is 4.74 Å². The van der Waals surface area contributed by atoms with E-state index in [1.165, 1.54) is 0 Å². The number of nitrogens with zero attached hydrogens (tertiary/aromatic N) is 5. The average molecular weight is 507 g/mol. The third kappa shape index (κ3) is 3.88. The van der Waals surface area contributed by atoms with E-state index < -0.39 is 0 Å². The van der Waals surface area contributed by atoms with Crippen molar-refractivity contribution in [1.82, 2.24) is 30.0 Å². The van der Waals surface area contributed by atoms with Crippen molar-refractivity contribution in [3.8, 4) is 28.1 Å². The molecule has 38 heavy (non-hydrogen) atoms. The van der Waals surface area contributed by atoms with Gasteiger partial charge >= 0.3 is 0 Å². The van der Waals surface area contributed by atoms with Crippen LogP contribution in [0.4, 0.5) is 0 Å². The first-order chi connectivity index (χ1) is 18.5. The maximum Gasteiger partial charge on any atom is 0.145 e. The van der Waals surface area contributed by atoms with E-state index in [9.17, 15) is 0 Å². The van der Waals surface area contributed by atoms with Gasteiger partial charge in [-0.25, -0.2) is 9.97 Å². The van der Waals surface area contributed by atoms with Crippen molar-refractivity contribution in [1.29, 1.82) is 0 Å². The number of hydrogen-bond donors (Lipinski definition) is 1. The Morgan fingerprint density at radius 3 is 2.53 bits per heavy atom. The van der Waals surface area contributed by atoms with E-state index in [4.69, 9.17) is 19.2 Å². The quantitative estimate of drug-likeness (QED) is 0.266. The average Bonchev–Trinajstić information content (AvgIpc) is 3.47. The number of methoxy groups -OCH3 is 1. The molecule has 0 unspecified atom stereocenters. The smallest absolute Gasteiger partial charge is 0.145 e. The largest absolute Gasteiger partial charge is 0.496 e. The number of nitrogens with one attached hydrogen (secondary N) is 1. The summed E-state index contributed by atoms with van der Waals surface area (Å²) in [6.07, 6.45) is 1.85. The number of aromatic amines is 1. The molecule has 0 aliphatic rings. The summed E-state index contributed by atoms with van der Waals surface area (Å²) in [5, 5.41) is 7.17. The molecule has 1 N–H and O–H groups in total. The minimum absolute atomic E-state index is 0.669. The zero-order chi connectivity index (χ0) is 26.4. The molecule has 2 aromatic carbocycles. The first kappa shape index (κ1) is 24.1. The second-order valence-electron chi connectivity index (χ2n) is 9.47. The van der Waals surface area contributed by atoms with Gasteiger partial charge in [-0.15, -0.1) is 0 Å². The molecule has 0 bridgehead atoms. The highest BCUT2D eigenvalue weighted by Crippen LogP contribution is 2.42. The summed E-state index contributed by atoms with van der Waals surface area (Å²) in [6, 6.07) is 14.4. The molecule has 6 rings (SSSR count). The molecule has 4 aromatic heterocycles. The molecule has 0 atom stereocenters. The van der Waals surface area contributed by atoms with Crippen LogP contribution in [0.15, 0.2) is 53.2 Å². The fourth-order valence-electron chi connectivity index (χ4n) is 5.32. The van der Waals surface area contributed by atoms with Crippen molar-refractivity contribution in [3.63, 3.8) is 0 Å². The van der Waals surface area contributed by atoms with E-state index in [0.717, 1.165) is 91.3 Å². The number of H-pyrrole nitrogens is 1. The molecule has 0 saturated heterocycles. The molecule has 0 saturated carbocycles. The first-order valence-corrected chi connectivity index (χ1v) is 12.9. The molecule has 6 aromatic rings. The number of hydrogen-bond acceptors (Lipinski definition) is 7. The van der Waals surface area contributed by atoms with Crippen molar-refractivity contribution in [3.05, 3.63) is 65.9 Å². The highest BCUT2D eigenvalue weighted by molar-refractivity contribution is 6.15. The minimum Gasteiger partial charge on any atom is -0.496 e. The molecule has 0 spiro atoms. The molecule has 4 heterocycles. The van der Waals surface area contributed by atoms with Crippen molar-refractivity contribution >= 4 is 32.8 Å². The van der Waals surface area contributed by atoms with Gasteiger partial charge in [0.2, 0.25) is 0 Å². The summed E-state index contributed by atoms with van der Waals surface area (Å²) < 4.78 is 11.3. The van der Waals surface area contributed by atoms with Crippen LogP contribution in [-0.4, -0.2) is 50.2 Å². The number of pyridine rings is 1. The number of para-hydroxylation sites is 1. The predicted molar refractivity (Wildman–Crippen MR) is 150 cm³/mol. The fraction of sp³-hybridized carbons (Fsp3) is 0.267. The van der Waals surface area contributed by atoms with Crippen LogP contribution in [0.2, 0.25) is 0 Å². The summed E-state index contributed by atoms with van der Waals surface area (Å²) >= 11 is 0. The molecule has 8 heteroatoms. The Balaban J connectivity index is 1.68. The highest BCUT2D eigenvalue weighted by Gasteiger charge is 2.22. The van der Waals surface area contributed by atoms with Crippen molar-refractivity contribution in [2.24, 2.45) is 0 Å². The Hall–Kier alpha value is -4.30. The molecule has 0 amide bonds. The predicted octanol–water partition coefficient (Wildman–Crippen LogP) is 6.45. The third-order valence-corrected chi connectivity index (χ3v) is 7.28. The fourth-order valence-corrected chi connectivity index (χ4v) is 5.32. The normalized spacial score (nSPS) is 11.8. The van der Waals surface area contributed by atoms with Crippen molar-refractivity contribution in [2.75, 3.05) is 20.2 Å². The van der Waals surface area contributed by atoms with Crippen LogP contribution in [0.5, 0.6) is 5.75 Å². The number of rotatable bonds is 7. The number of benzene rings is 2. The number of ether oxygens (including phenoxy) is 1. The number of aromatic nitrogens is 5. The molecule has 192 valence electrons. The van der Waals surface area contributed by atoms with Gasteiger partial charge in [0.1, 0.15) is 23.0 Å². The third-order valence-electron chi connectivity index (χ3n) is 7.28. The van der Waals surface area contributed by atoms with Crippen molar-refractivity contribution < 1.29 is 9.26 Å². The van der Waals surface area contributed by atoms with Crippen LogP contribution in [0.25, 0.3) is 55.2 Å². The van der Waals surface area contributed by atoms with Gasteiger partial charge in [0.05, 0.1) is 41.5 Å². The Morgan fingerprint density at radius 2 is 1.79 bits per heavy atom. The maximum absolute atomic E-state index is 5.89. The Labute approximate surface area is 220 Å². The minimum atomic E-state index is 0.669. The van der Waals surface area contributed by atoms with Gasteiger partial charge in [0, 0.05) is 33.6 Å². The molecule has 0 fully saturated rings. The second kappa shape index (κ2) is 9.54. The lowest BCUT2D eigenvalue weighted by molar-refractivity contribution is 0.288. The Bertz CT molecular complexity index is 1770. The van der Waals surface area contributed by atoms with Gasteiger partial charge < -0.3 is 14.2 Å². The van der Waals surface area contributed by atoms with Crippen LogP contribution >= 0.6 is 0 Å². The lowest BCUT2D eigenvalue weighted by atomic mass is 9.99. The zero-order valence-corrected chi connectivity index (χ0v) is 22.3. The van der Waals surface area contributed by atoms with E-state index >= 15 is 0 Å². The van der Waals surface area contributed by atoms with Gasteiger partial charge in [0.25, 0.3) is 0 Å². The lowest BCUT2D eigenvalue weighted by Crippen LogP contribution is -2.23. The Kier molecular flexibility index (Phi) is 6.04. The second-order valence-corrected chi connectivity index (χ2v) is 9.47. The van der Waals surface area contributed by atoms with Crippen molar-refractivity contribution in [2.45, 2.75) is 34.2 Å². The van der Waals surface area contributed by atoms with Gasteiger partial charge in [-0.05, 0) is 51.2 Å². The van der Waals surface area contributed by atoms with E-state index in [1.807, 2.05) is 44.3 Å². The molecular formula is C30H30N6O2. The summed E-state index contributed by atoms with van der Waals surface area (Å²) in [5.41, 5.74) is 7.27. The molecule has 8 nitrogen and oxygen atoms in total. The van der Waals surface area contributed by atoms with Gasteiger partial charge in [-0.3, -0.25) is 9.88 Å². The van der Waals surface area contributed by atoms with Crippen LogP contribution in [0.3, 0.4) is 0 Å². The van der Waals surface area contributed by atoms with E-state index in [0.29, 0.717) is 6.54 Å². The highest BCUT2D eigenvalue weighted by atomic mass is 16.5. The van der Waals surface area contributed by atoms with Crippen LogP contribution in [0, 0.1) is 13.8 Å². The lowest BCUT2D eigenvalue weighted by Gasteiger charge is -2.17. The van der Waals surface area contributed by atoms with Crippen LogP contribution in [0.1, 0.15) is 31.1 Å². The summed E-state index contributed by atoms with van der Waals surface area (Å²) in [4.78, 5) is 20.7. The molecule has 0 aliphatic heterocycles. The topological polar surface area (TPSA) is 93.0 Å². The maximum atomic E-state index is 5.89. The molecule has 0 radical (unpaired) electrons. The number of aryl methyl sites for hydroxylation is 2. The van der Waals surface area contributed by atoms with E-state index in [1.54, 1.807) is 7.11 Å². The molecule has 0 aliphatic carbocycles. The summed E-state index contributed by atoms with van der Waals surface area (Å²) in [6.45, 7) is 10.7. The number of fused-ring (bicyclic) bond motifs is 4. The molecular weight excluding hydrogens is 476 g/mol. The standard InChI is InChI=1S/C30H30N6O2/c1-6-36(7-2)16-26-33-29(20-12-13-31-23-11-9-8-10-19(20)23)28-21-15-25(37-5)22(14-24(21)32-30(28)34-26)27-17(3)35-38-18(27)4/h8-15H,6-7,16H2,1-5H3,(H,32,33,34). The van der Waals surface area contributed by atoms with Gasteiger partial charge in [0.15, 0.2) is 0 Å². The van der Waals surface area contributed by atoms with E-state index in [2.05, 4.69) is 52.1 Å². The monoisotopic (exact) mass is 506 g/mol. The summed E-state index contributed by atoms with van der Waals surface area (Å²) in [5.74, 6) is 2.27.